The highest BCUT2D eigenvalue weighted by atomic mass is 16.2. The van der Waals surface area contributed by atoms with E-state index >= 15 is 0 Å². The third-order valence-corrected chi connectivity index (χ3v) is 5.79. The molecular weight excluding hydrogens is 378 g/mol. The van der Waals surface area contributed by atoms with Crippen molar-refractivity contribution in [2.45, 2.75) is 20.3 Å². The largest absolute Gasteiger partial charge is 0.305 e. The molecule has 1 aliphatic rings. The van der Waals surface area contributed by atoms with Crippen LogP contribution in [0.5, 0.6) is 0 Å². The molecule has 0 heterocycles. The maximum Gasteiger partial charge on any atom is 0.254 e. The predicted molar refractivity (Wildman–Crippen MR) is 131 cm³/mol. The van der Waals surface area contributed by atoms with E-state index in [9.17, 15) is 4.79 Å². The highest BCUT2D eigenvalue weighted by Crippen LogP contribution is 2.33. The van der Waals surface area contributed by atoms with Gasteiger partial charge in [-0.3, -0.25) is 4.79 Å². The number of allylic oxidation sites excluding steroid dienone is 3. The Bertz CT molecular complexity index is 1150. The van der Waals surface area contributed by atoms with E-state index in [2.05, 4.69) is 31.2 Å². The van der Waals surface area contributed by atoms with Crippen molar-refractivity contribution in [1.29, 1.82) is 0 Å². The van der Waals surface area contributed by atoms with Crippen molar-refractivity contribution < 1.29 is 4.79 Å². The minimum Gasteiger partial charge on any atom is -0.305 e. The molecule has 0 radical (unpaired) electrons. The van der Waals surface area contributed by atoms with Crippen molar-refractivity contribution in [1.82, 2.24) is 0 Å². The number of hydrogen-bond acceptors (Lipinski definition) is 1. The van der Waals surface area contributed by atoms with Gasteiger partial charge in [-0.25, -0.2) is 0 Å². The molecule has 0 N–H and O–H groups in total. The van der Waals surface area contributed by atoms with Crippen LogP contribution in [-0.2, 0) is 11.2 Å². The van der Waals surface area contributed by atoms with E-state index in [0.717, 1.165) is 17.7 Å². The van der Waals surface area contributed by atoms with Crippen LogP contribution in [0.3, 0.4) is 0 Å². The van der Waals surface area contributed by atoms with Gasteiger partial charge in [0.15, 0.2) is 0 Å². The first kappa shape index (κ1) is 20.6. The fraction of sp³-hybridized carbons (Fsp3) is 0.138. The number of amides is 1. The summed E-state index contributed by atoms with van der Waals surface area (Å²) >= 11 is 0. The zero-order chi connectivity index (χ0) is 21.6. The van der Waals surface area contributed by atoms with Crippen molar-refractivity contribution >= 4 is 23.2 Å². The molecule has 4 rings (SSSR count). The number of para-hydroxylation sites is 1. The minimum atomic E-state index is 0.0279. The topological polar surface area (TPSA) is 20.3 Å². The van der Waals surface area contributed by atoms with E-state index in [0.29, 0.717) is 12.1 Å². The van der Waals surface area contributed by atoms with Crippen molar-refractivity contribution in [3.05, 3.63) is 125 Å². The van der Waals surface area contributed by atoms with Gasteiger partial charge in [0.05, 0.1) is 0 Å². The number of benzene rings is 3. The molecule has 154 valence electrons. The normalized spacial score (nSPS) is 13.5. The van der Waals surface area contributed by atoms with Crippen LogP contribution >= 0.6 is 0 Å². The zero-order valence-corrected chi connectivity index (χ0v) is 18.1. The molecule has 1 aliphatic carbocycles. The van der Waals surface area contributed by atoms with Crippen LogP contribution in [0, 0.1) is 0 Å². The summed E-state index contributed by atoms with van der Waals surface area (Å²) in [6.07, 6.45) is 6.76. The van der Waals surface area contributed by atoms with Gasteiger partial charge in [-0.15, -0.1) is 0 Å². The molecule has 31 heavy (non-hydrogen) atoms. The summed E-state index contributed by atoms with van der Waals surface area (Å²) in [4.78, 5) is 15.4. The quantitative estimate of drug-likeness (QED) is 0.330. The summed E-state index contributed by atoms with van der Waals surface area (Å²) < 4.78 is 0. The SMILES string of the molecule is CC1=C(CN(C(=O)/C(C)=C/C=C/c2ccccc2)c2ccccc2)Cc2ccccc21. The Morgan fingerprint density at radius 3 is 2.26 bits per heavy atom. The van der Waals surface area contributed by atoms with E-state index in [1.165, 1.54) is 22.3 Å². The number of carbonyl (C=O) groups is 1. The summed E-state index contributed by atoms with van der Waals surface area (Å²) in [7, 11) is 0. The molecular formula is C29H27NO. The molecule has 0 spiro atoms. The maximum absolute atomic E-state index is 13.5. The van der Waals surface area contributed by atoms with E-state index in [4.69, 9.17) is 0 Å². The number of rotatable bonds is 6. The summed E-state index contributed by atoms with van der Waals surface area (Å²) in [6, 6.07) is 28.6. The van der Waals surface area contributed by atoms with Crippen LogP contribution in [0.4, 0.5) is 5.69 Å². The van der Waals surface area contributed by atoms with Crippen molar-refractivity contribution in [2.24, 2.45) is 0 Å². The second-order valence-corrected chi connectivity index (χ2v) is 7.91. The lowest BCUT2D eigenvalue weighted by Crippen LogP contribution is -2.33. The second kappa shape index (κ2) is 9.44. The number of hydrogen-bond donors (Lipinski definition) is 0. The number of carbonyl (C=O) groups excluding carboxylic acids is 1. The highest BCUT2D eigenvalue weighted by Gasteiger charge is 2.23. The first-order chi connectivity index (χ1) is 15.1. The number of fused-ring (bicyclic) bond motifs is 1. The summed E-state index contributed by atoms with van der Waals surface area (Å²) in [5.74, 6) is 0.0279. The maximum atomic E-state index is 13.5. The van der Waals surface area contributed by atoms with E-state index in [1.54, 1.807) is 0 Å². The van der Waals surface area contributed by atoms with E-state index < -0.39 is 0 Å². The van der Waals surface area contributed by atoms with Gasteiger partial charge in [0.25, 0.3) is 5.91 Å². The van der Waals surface area contributed by atoms with Crippen LogP contribution in [0.2, 0.25) is 0 Å². The van der Waals surface area contributed by atoms with Gasteiger partial charge < -0.3 is 4.90 Å². The van der Waals surface area contributed by atoms with Crippen LogP contribution in [-0.4, -0.2) is 12.5 Å². The van der Waals surface area contributed by atoms with Crippen LogP contribution in [0.1, 0.15) is 30.5 Å². The molecule has 0 saturated carbocycles. The van der Waals surface area contributed by atoms with Crippen LogP contribution in [0.15, 0.2) is 108 Å². The van der Waals surface area contributed by atoms with Gasteiger partial charge in [-0.2, -0.15) is 0 Å². The van der Waals surface area contributed by atoms with Crippen LogP contribution < -0.4 is 4.90 Å². The first-order valence-electron chi connectivity index (χ1n) is 10.7. The average Bonchev–Trinajstić information content (AvgIpc) is 3.13. The molecule has 0 saturated heterocycles. The lowest BCUT2D eigenvalue weighted by Gasteiger charge is -2.24. The second-order valence-electron chi connectivity index (χ2n) is 7.91. The number of nitrogens with zero attached hydrogens (tertiary/aromatic N) is 1. The smallest absolute Gasteiger partial charge is 0.254 e. The Labute approximate surface area is 184 Å². The lowest BCUT2D eigenvalue weighted by atomic mass is 10.1. The predicted octanol–water partition coefficient (Wildman–Crippen LogP) is 6.71. The Morgan fingerprint density at radius 1 is 0.903 bits per heavy atom. The minimum absolute atomic E-state index is 0.0279. The molecule has 0 atom stereocenters. The van der Waals surface area contributed by atoms with E-state index in [-0.39, 0.29) is 5.91 Å². The lowest BCUT2D eigenvalue weighted by molar-refractivity contribution is -0.115. The Hall–Kier alpha value is -3.65. The summed E-state index contributed by atoms with van der Waals surface area (Å²) in [5, 5.41) is 0. The molecule has 1 amide bonds. The number of anilines is 1. The summed E-state index contributed by atoms with van der Waals surface area (Å²) in [6.45, 7) is 4.65. The molecule has 0 aliphatic heterocycles. The fourth-order valence-electron chi connectivity index (χ4n) is 4.00. The van der Waals surface area contributed by atoms with E-state index in [1.807, 2.05) is 90.7 Å². The molecule has 0 unspecified atom stereocenters. The molecule has 0 bridgehead atoms. The zero-order valence-electron chi connectivity index (χ0n) is 18.1. The van der Waals surface area contributed by atoms with Gasteiger partial charge in [-0.05, 0) is 60.2 Å². The van der Waals surface area contributed by atoms with Gasteiger partial charge in [-0.1, -0.05) is 91.0 Å². The van der Waals surface area contributed by atoms with Crippen LogP contribution in [0.25, 0.3) is 11.6 Å². The standard InChI is InChI=1S/C29H27NO/c1-22(12-11-15-24-13-5-3-6-14-24)29(31)30(27-17-7-4-8-18-27)21-26-20-25-16-9-10-19-28(25)23(26)2/h3-19H,20-21H2,1-2H3/b15-11+,22-12+. The fourth-order valence-corrected chi connectivity index (χ4v) is 4.00. The molecule has 0 fully saturated rings. The molecule has 2 heteroatoms. The Morgan fingerprint density at radius 2 is 1.55 bits per heavy atom. The first-order valence-corrected chi connectivity index (χ1v) is 10.7. The van der Waals surface area contributed by atoms with Gasteiger partial charge in [0, 0.05) is 17.8 Å². The molecule has 3 aromatic rings. The highest BCUT2D eigenvalue weighted by molar-refractivity contribution is 6.06. The third kappa shape index (κ3) is 4.75. The van der Waals surface area contributed by atoms with Crippen molar-refractivity contribution in [2.75, 3.05) is 11.4 Å². The summed E-state index contributed by atoms with van der Waals surface area (Å²) in [5.41, 5.74) is 7.97. The third-order valence-electron chi connectivity index (χ3n) is 5.79. The van der Waals surface area contributed by atoms with Gasteiger partial charge >= 0.3 is 0 Å². The molecule has 2 nitrogen and oxygen atoms in total. The molecule has 0 aromatic heterocycles. The molecule has 3 aromatic carbocycles. The average molecular weight is 406 g/mol. The van der Waals surface area contributed by atoms with Crippen molar-refractivity contribution in [3.8, 4) is 0 Å². The van der Waals surface area contributed by atoms with Crippen molar-refractivity contribution in [3.63, 3.8) is 0 Å². The Kier molecular flexibility index (Phi) is 6.28. The Balaban J connectivity index is 1.59. The van der Waals surface area contributed by atoms with Gasteiger partial charge in [0.1, 0.15) is 0 Å². The van der Waals surface area contributed by atoms with Gasteiger partial charge in [0.2, 0.25) is 0 Å². The monoisotopic (exact) mass is 405 g/mol.